The predicted octanol–water partition coefficient (Wildman–Crippen LogP) is 2.64. The van der Waals surface area contributed by atoms with E-state index in [0.717, 1.165) is 17.9 Å². The van der Waals surface area contributed by atoms with Crippen LogP contribution >= 0.6 is 0 Å². The van der Waals surface area contributed by atoms with Gasteiger partial charge in [0.25, 0.3) is 0 Å². The van der Waals surface area contributed by atoms with Gasteiger partial charge in [0.05, 0.1) is 12.5 Å². The zero-order valence-electron chi connectivity index (χ0n) is 12.0. The van der Waals surface area contributed by atoms with Gasteiger partial charge in [-0.1, -0.05) is 19.9 Å². The van der Waals surface area contributed by atoms with E-state index in [9.17, 15) is 4.79 Å². The molecule has 4 nitrogen and oxygen atoms in total. The summed E-state index contributed by atoms with van der Waals surface area (Å²) in [6.07, 6.45) is 0.799. The molecule has 0 aliphatic carbocycles. The normalized spacial score (nSPS) is 12.3. The number of hydrogen-bond donors (Lipinski definition) is 2. The molecule has 1 aromatic rings. The highest BCUT2D eigenvalue weighted by Gasteiger charge is 2.18. The van der Waals surface area contributed by atoms with Gasteiger partial charge < -0.3 is 15.8 Å². The van der Waals surface area contributed by atoms with Gasteiger partial charge >= 0.3 is 0 Å². The largest absolute Gasteiger partial charge is 0.494 e. The summed E-state index contributed by atoms with van der Waals surface area (Å²) in [5, 5.41) is 2.90. The number of anilines is 1. The minimum absolute atomic E-state index is 0.0233. The Morgan fingerprint density at radius 2 is 2.16 bits per heavy atom. The predicted molar refractivity (Wildman–Crippen MR) is 78.2 cm³/mol. The van der Waals surface area contributed by atoms with Gasteiger partial charge in [-0.2, -0.15) is 0 Å². The lowest BCUT2D eigenvalue weighted by atomic mass is 9.96. The quantitative estimate of drug-likeness (QED) is 0.795. The lowest BCUT2D eigenvalue weighted by molar-refractivity contribution is -0.120. The Balaban J connectivity index is 2.66. The molecule has 0 aliphatic rings. The van der Waals surface area contributed by atoms with Crippen LogP contribution in [0.25, 0.3) is 0 Å². The number of carbonyl (C=O) groups is 1. The van der Waals surface area contributed by atoms with Crippen molar-refractivity contribution in [1.29, 1.82) is 0 Å². The van der Waals surface area contributed by atoms with Crippen molar-refractivity contribution < 1.29 is 9.53 Å². The average molecular weight is 264 g/mol. The summed E-state index contributed by atoms with van der Waals surface area (Å²) < 4.78 is 5.40. The van der Waals surface area contributed by atoms with E-state index in [1.165, 1.54) is 0 Å². The van der Waals surface area contributed by atoms with E-state index < -0.39 is 0 Å². The van der Waals surface area contributed by atoms with Gasteiger partial charge in [0.2, 0.25) is 5.91 Å². The summed E-state index contributed by atoms with van der Waals surface area (Å²) in [6.45, 7) is 7.08. The van der Waals surface area contributed by atoms with E-state index in [2.05, 4.69) is 19.2 Å². The Morgan fingerprint density at radius 3 is 2.74 bits per heavy atom. The van der Waals surface area contributed by atoms with Crippen LogP contribution in [0.2, 0.25) is 0 Å². The topological polar surface area (TPSA) is 64.3 Å². The molecule has 0 spiro atoms. The smallest absolute Gasteiger partial charge is 0.228 e. The van der Waals surface area contributed by atoms with Crippen LogP contribution in [-0.4, -0.2) is 19.1 Å². The van der Waals surface area contributed by atoms with Gasteiger partial charge in [0.1, 0.15) is 5.75 Å². The summed E-state index contributed by atoms with van der Waals surface area (Å²) >= 11 is 0. The van der Waals surface area contributed by atoms with Crippen molar-refractivity contribution in [3.05, 3.63) is 24.3 Å². The van der Waals surface area contributed by atoms with Crippen molar-refractivity contribution in [2.24, 2.45) is 17.6 Å². The first-order chi connectivity index (χ1) is 9.06. The molecule has 1 atom stereocenters. The minimum Gasteiger partial charge on any atom is -0.494 e. The second-order valence-corrected chi connectivity index (χ2v) is 5.01. The van der Waals surface area contributed by atoms with Crippen LogP contribution in [0.4, 0.5) is 5.69 Å². The zero-order chi connectivity index (χ0) is 14.3. The Labute approximate surface area is 115 Å². The van der Waals surface area contributed by atoms with E-state index in [-0.39, 0.29) is 11.8 Å². The van der Waals surface area contributed by atoms with Crippen molar-refractivity contribution in [2.45, 2.75) is 27.2 Å². The Bertz CT molecular complexity index is 405. The van der Waals surface area contributed by atoms with Crippen LogP contribution in [0.15, 0.2) is 24.3 Å². The second kappa shape index (κ2) is 7.79. The van der Waals surface area contributed by atoms with E-state index in [4.69, 9.17) is 10.5 Å². The molecule has 0 fully saturated rings. The number of hydrogen-bond acceptors (Lipinski definition) is 3. The zero-order valence-corrected chi connectivity index (χ0v) is 12.0. The molecule has 4 heteroatoms. The average Bonchev–Trinajstić information content (AvgIpc) is 2.36. The van der Waals surface area contributed by atoms with E-state index >= 15 is 0 Å². The fourth-order valence-corrected chi connectivity index (χ4v) is 1.95. The molecule has 0 aromatic heterocycles. The van der Waals surface area contributed by atoms with Crippen molar-refractivity contribution in [3.8, 4) is 5.75 Å². The highest BCUT2D eigenvalue weighted by Crippen LogP contribution is 2.19. The molecule has 0 aliphatic heterocycles. The van der Waals surface area contributed by atoms with Crippen LogP contribution < -0.4 is 15.8 Å². The molecule has 0 heterocycles. The summed E-state index contributed by atoms with van der Waals surface area (Å²) in [4.78, 5) is 12.1. The standard InChI is InChI=1S/C15H24N2O2/c1-4-19-14-7-5-6-13(9-14)17-15(18)12(10-16)8-11(2)3/h5-7,9,11-12H,4,8,10,16H2,1-3H3,(H,17,18). The highest BCUT2D eigenvalue weighted by atomic mass is 16.5. The van der Waals surface area contributed by atoms with Crippen molar-refractivity contribution in [2.75, 3.05) is 18.5 Å². The number of carbonyl (C=O) groups excluding carboxylic acids is 1. The molecular weight excluding hydrogens is 240 g/mol. The molecule has 1 aromatic carbocycles. The highest BCUT2D eigenvalue weighted by molar-refractivity contribution is 5.92. The number of amides is 1. The number of benzene rings is 1. The third-order valence-corrected chi connectivity index (χ3v) is 2.82. The number of nitrogens with two attached hydrogens (primary N) is 1. The molecule has 0 saturated carbocycles. The maximum Gasteiger partial charge on any atom is 0.228 e. The van der Waals surface area contributed by atoms with Crippen LogP contribution in [0.3, 0.4) is 0 Å². The van der Waals surface area contributed by atoms with Crippen LogP contribution in [0.1, 0.15) is 27.2 Å². The van der Waals surface area contributed by atoms with Crippen molar-refractivity contribution in [3.63, 3.8) is 0 Å². The second-order valence-electron chi connectivity index (χ2n) is 5.01. The number of ether oxygens (including phenoxy) is 1. The maximum absolute atomic E-state index is 12.1. The molecule has 0 radical (unpaired) electrons. The fourth-order valence-electron chi connectivity index (χ4n) is 1.95. The number of nitrogens with one attached hydrogen (secondary N) is 1. The molecular formula is C15H24N2O2. The maximum atomic E-state index is 12.1. The lowest BCUT2D eigenvalue weighted by Gasteiger charge is -2.17. The minimum atomic E-state index is -0.143. The number of rotatable bonds is 7. The first-order valence-corrected chi connectivity index (χ1v) is 6.80. The van der Waals surface area contributed by atoms with Gasteiger partial charge in [-0.05, 0) is 31.4 Å². The van der Waals surface area contributed by atoms with Gasteiger partial charge in [-0.25, -0.2) is 0 Å². The van der Waals surface area contributed by atoms with Gasteiger partial charge in [-0.15, -0.1) is 0 Å². The molecule has 1 rings (SSSR count). The molecule has 106 valence electrons. The lowest BCUT2D eigenvalue weighted by Crippen LogP contribution is -2.30. The van der Waals surface area contributed by atoms with Crippen LogP contribution in [-0.2, 0) is 4.79 Å². The first kappa shape index (κ1) is 15.5. The van der Waals surface area contributed by atoms with Crippen LogP contribution in [0.5, 0.6) is 5.75 Å². The summed E-state index contributed by atoms with van der Waals surface area (Å²) in [5.74, 6) is 1.04. The third kappa shape index (κ3) is 5.30. The molecule has 1 amide bonds. The molecule has 0 bridgehead atoms. The van der Waals surface area contributed by atoms with Gasteiger partial charge in [0, 0.05) is 18.3 Å². The fraction of sp³-hybridized carbons (Fsp3) is 0.533. The Hall–Kier alpha value is -1.55. The summed E-state index contributed by atoms with van der Waals surface area (Å²) in [6, 6.07) is 7.40. The molecule has 1 unspecified atom stereocenters. The molecule has 0 saturated heterocycles. The van der Waals surface area contributed by atoms with Gasteiger partial charge in [0.15, 0.2) is 0 Å². The van der Waals surface area contributed by atoms with Crippen LogP contribution in [0, 0.1) is 11.8 Å². The first-order valence-electron chi connectivity index (χ1n) is 6.80. The molecule has 3 N–H and O–H groups in total. The Kier molecular flexibility index (Phi) is 6.36. The van der Waals surface area contributed by atoms with Gasteiger partial charge in [-0.3, -0.25) is 4.79 Å². The molecule has 19 heavy (non-hydrogen) atoms. The van der Waals surface area contributed by atoms with Crippen molar-refractivity contribution >= 4 is 11.6 Å². The van der Waals surface area contributed by atoms with E-state index in [0.29, 0.717) is 19.1 Å². The van der Waals surface area contributed by atoms with E-state index in [1.807, 2.05) is 31.2 Å². The van der Waals surface area contributed by atoms with Crippen molar-refractivity contribution in [1.82, 2.24) is 0 Å². The Morgan fingerprint density at radius 1 is 1.42 bits per heavy atom. The monoisotopic (exact) mass is 264 g/mol. The summed E-state index contributed by atoms with van der Waals surface area (Å²) in [5.41, 5.74) is 6.42. The SMILES string of the molecule is CCOc1cccc(NC(=O)C(CN)CC(C)C)c1. The third-order valence-electron chi connectivity index (χ3n) is 2.82. The van der Waals surface area contributed by atoms with E-state index in [1.54, 1.807) is 0 Å². The summed E-state index contributed by atoms with van der Waals surface area (Å²) in [7, 11) is 0.